The SMILES string of the molecule is CNS(=O)(=O)OCC(=O)N(c1c(C)ccc(N=[N+]=[N-])c1C)C(C)C(=O)OC. The summed E-state index contributed by atoms with van der Waals surface area (Å²) in [6.07, 6.45) is 0. The number of amides is 1. The van der Waals surface area contributed by atoms with Crippen LogP contribution in [0.1, 0.15) is 18.1 Å². The Morgan fingerprint density at radius 3 is 2.52 bits per heavy atom. The van der Waals surface area contributed by atoms with Gasteiger partial charge in [-0.2, -0.15) is 13.1 Å². The number of carbonyl (C=O) groups excluding carboxylic acids is 2. The highest BCUT2D eigenvalue weighted by Gasteiger charge is 2.31. The predicted molar refractivity (Wildman–Crippen MR) is 97.6 cm³/mol. The summed E-state index contributed by atoms with van der Waals surface area (Å²) in [6, 6.07) is 2.10. The molecule has 0 fully saturated rings. The van der Waals surface area contributed by atoms with E-state index in [1.807, 2.05) is 4.72 Å². The lowest BCUT2D eigenvalue weighted by Crippen LogP contribution is -2.47. The molecule has 1 unspecified atom stereocenters. The molecule has 11 nitrogen and oxygen atoms in total. The van der Waals surface area contributed by atoms with Crippen molar-refractivity contribution in [3.8, 4) is 0 Å². The molecular weight excluding hydrogens is 378 g/mol. The highest BCUT2D eigenvalue weighted by Crippen LogP contribution is 2.34. The van der Waals surface area contributed by atoms with E-state index >= 15 is 0 Å². The first-order chi connectivity index (χ1) is 12.6. The molecule has 0 aromatic heterocycles. The van der Waals surface area contributed by atoms with Crippen LogP contribution >= 0.6 is 0 Å². The molecule has 0 radical (unpaired) electrons. The third kappa shape index (κ3) is 5.41. The number of methoxy groups -OCH3 is 1. The number of nitrogens with zero attached hydrogens (tertiary/aromatic N) is 4. The number of ether oxygens (including phenoxy) is 1. The number of hydrogen-bond acceptors (Lipinski definition) is 7. The number of anilines is 1. The summed E-state index contributed by atoms with van der Waals surface area (Å²) in [7, 11) is -1.80. The van der Waals surface area contributed by atoms with Crippen LogP contribution in [0.3, 0.4) is 0 Å². The van der Waals surface area contributed by atoms with E-state index in [1.54, 1.807) is 26.0 Å². The van der Waals surface area contributed by atoms with Gasteiger partial charge in [-0.3, -0.25) is 9.69 Å². The van der Waals surface area contributed by atoms with Crippen LogP contribution in [0.25, 0.3) is 10.4 Å². The first kappa shape index (κ1) is 22.4. The van der Waals surface area contributed by atoms with Crippen molar-refractivity contribution in [1.29, 1.82) is 0 Å². The average molecular weight is 399 g/mol. The van der Waals surface area contributed by atoms with Crippen molar-refractivity contribution < 1.29 is 26.9 Å². The monoisotopic (exact) mass is 399 g/mol. The third-order valence-corrected chi connectivity index (χ3v) is 4.71. The molecule has 0 aliphatic heterocycles. The van der Waals surface area contributed by atoms with Gasteiger partial charge in [0, 0.05) is 17.6 Å². The van der Waals surface area contributed by atoms with Crippen molar-refractivity contribution in [2.75, 3.05) is 25.7 Å². The summed E-state index contributed by atoms with van der Waals surface area (Å²) in [5.41, 5.74) is 10.3. The zero-order chi connectivity index (χ0) is 20.8. The zero-order valence-corrected chi connectivity index (χ0v) is 16.4. The molecular formula is C15H21N5O6S. The Labute approximate surface area is 157 Å². The lowest BCUT2D eigenvalue weighted by molar-refractivity contribution is -0.143. The molecule has 148 valence electrons. The Morgan fingerprint density at radius 1 is 1.37 bits per heavy atom. The first-order valence-electron chi connectivity index (χ1n) is 7.72. The van der Waals surface area contributed by atoms with Gasteiger partial charge in [-0.25, -0.2) is 8.98 Å². The highest BCUT2D eigenvalue weighted by molar-refractivity contribution is 7.84. The van der Waals surface area contributed by atoms with Crippen LogP contribution in [0.4, 0.5) is 11.4 Å². The Hall–Kier alpha value is -2.66. The van der Waals surface area contributed by atoms with Crippen LogP contribution in [0.5, 0.6) is 0 Å². The van der Waals surface area contributed by atoms with E-state index in [4.69, 9.17) is 10.3 Å². The van der Waals surface area contributed by atoms with Crippen molar-refractivity contribution in [2.45, 2.75) is 26.8 Å². The van der Waals surface area contributed by atoms with E-state index in [1.165, 1.54) is 14.0 Å². The fourth-order valence-electron chi connectivity index (χ4n) is 2.42. The molecule has 1 rings (SSSR count). The van der Waals surface area contributed by atoms with E-state index in [9.17, 15) is 18.0 Å². The molecule has 0 spiro atoms. The van der Waals surface area contributed by atoms with E-state index in [2.05, 4.69) is 14.2 Å². The van der Waals surface area contributed by atoms with Gasteiger partial charge in [0.25, 0.3) is 5.91 Å². The van der Waals surface area contributed by atoms with E-state index in [-0.39, 0.29) is 5.69 Å². The second-order valence-electron chi connectivity index (χ2n) is 5.45. The maximum absolute atomic E-state index is 12.7. The maximum atomic E-state index is 12.7. The van der Waals surface area contributed by atoms with Crippen molar-refractivity contribution >= 4 is 33.6 Å². The Bertz CT molecular complexity index is 879. The largest absolute Gasteiger partial charge is 0.467 e. The number of nitrogens with one attached hydrogen (secondary N) is 1. The van der Waals surface area contributed by atoms with Crippen molar-refractivity contribution in [2.24, 2.45) is 5.11 Å². The van der Waals surface area contributed by atoms with Crippen molar-refractivity contribution in [3.63, 3.8) is 0 Å². The van der Waals surface area contributed by atoms with Gasteiger partial charge in [0.05, 0.1) is 12.8 Å². The van der Waals surface area contributed by atoms with Gasteiger partial charge in [0.2, 0.25) is 0 Å². The lowest BCUT2D eigenvalue weighted by atomic mass is 10.0. The van der Waals surface area contributed by atoms with Crippen LogP contribution in [0.2, 0.25) is 0 Å². The number of benzene rings is 1. The maximum Gasteiger partial charge on any atom is 0.336 e. The molecule has 0 aliphatic carbocycles. The molecule has 27 heavy (non-hydrogen) atoms. The van der Waals surface area contributed by atoms with Gasteiger partial charge in [0.1, 0.15) is 12.6 Å². The quantitative estimate of drug-likeness (QED) is 0.303. The summed E-state index contributed by atoms with van der Waals surface area (Å²) < 4.78 is 34.1. The van der Waals surface area contributed by atoms with Gasteiger partial charge < -0.3 is 4.74 Å². The van der Waals surface area contributed by atoms with E-state index in [0.717, 1.165) is 11.9 Å². The molecule has 1 aromatic rings. The molecule has 1 N–H and O–H groups in total. The molecule has 0 aliphatic rings. The summed E-state index contributed by atoms with van der Waals surface area (Å²) in [4.78, 5) is 28.6. The van der Waals surface area contributed by atoms with Crippen LogP contribution in [0.15, 0.2) is 17.2 Å². The number of carbonyl (C=O) groups is 2. The minimum atomic E-state index is -4.10. The number of aryl methyl sites for hydroxylation is 1. The highest BCUT2D eigenvalue weighted by atomic mass is 32.2. The number of esters is 1. The van der Waals surface area contributed by atoms with E-state index in [0.29, 0.717) is 16.8 Å². The van der Waals surface area contributed by atoms with Gasteiger partial charge in [-0.1, -0.05) is 17.2 Å². The van der Waals surface area contributed by atoms with Crippen LogP contribution < -0.4 is 9.62 Å². The molecule has 0 saturated carbocycles. The van der Waals surface area contributed by atoms with Crippen molar-refractivity contribution in [3.05, 3.63) is 33.7 Å². The van der Waals surface area contributed by atoms with Gasteiger partial charge in [-0.05, 0) is 37.4 Å². The fourth-order valence-corrected chi connectivity index (χ4v) is 2.79. The summed E-state index contributed by atoms with van der Waals surface area (Å²) in [6.45, 7) is 3.89. The van der Waals surface area contributed by atoms with Crippen molar-refractivity contribution in [1.82, 2.24) is 4.72 Å². The van der Waals surface area contributed by atoms with Crippen LogP contribution in [-0.4, -0.2) is 47.1 Å². The Kier molecular flexibility index (Phi) is 7.73. The molecule has 0 heterocycles. The van der Waals surface area contributed by atoms with E-state index < -0.39 is 34.8 Å². The fraction of sp³-hybridized carbons (Fsp3) is 0.467. The number of hydrogen-bond donors (Lipinski definition) is 1. The number of azide groups is 1. The molecule has 1 atom stereocenters. The molecule has 1 amide bonds. The first-order valence-corrected chi connectivity index (χ1v) is 9.13. The molecule has 12 heteroatoms. The second kappa shape index (κ2) is 9.33. The third-order valence-electron chi connectivity index (χ3n) is 3.78. The average Bonchev–Trinajstić information content (AvgIpc) is 2.64. The van der Waals surface area contributed by atoms with Gasteiger partial charge in [0.15, 0.2) is 0 Å². The summed E-state index contributed by atoms with van der Waals surface area (Å²) in [5, 5.41) is 3.56. The number of rotatable bonds is 8. The summed E-state index contributed by atoms with van der Waals surface area (Å²) in [5.74, 6) is -1.51. The minimum Gasteiger partial charge on any atom is -0.467 e. The van der Waals surface area contributed by atoms with Gasteiger partial charge >= 0.3 is 16.3 Å². The smallest absolute Gasteiger partial charge is 0.336 e. The summed E-state index contributed by atoms with van der Waals surface area (Å²) >= 11 is 0. The Balaban J connectivity index is 3.48. The molecule has 0 saturated heterocycles. The van der Waals surface area contributed by atoms with Crippen LogP contribution in [-0.2, 0) is 28.8 Å². The predicted octanol–water partition coefficient (Wildman–Crippen LogP) is 1.62. The topological polar surface area (TPSA) is 151 Å². The minimum absolute atomic E-state index is 0.261. The Morgan fingerprint density at radius 2 is 2.00 bits per heavy atom. The standard InChI is InChI=1S/C15H21N5O6S/c1-9-6-7-12(18-19-16)10(2)14(9)20(11(3)15(22)25-5)13(21)8-26-27(23,24)17-4/h6-7,11,17H,8H2,1-5H3. The lowest BCUT2D eigenvalue weighted by Gasteiger charge is -2.30. The molecule has 0 bridgehead atoms. The van der Waals surface area contributed by atoms with Gasteiger partial charge in [-0.15, -0.1) is 0 Å². The second-order valence-corrected chi connectivity index (χ2v) is 7.00. The normalized spacial score (nSPS) is 12.0. The molecule has 1 aromatic carbocycles. The zero-order valence-electron chi connectivity index (χ0n) is 15.6. The van der Waals surface area contributed by atoms with Crippen LogP contribution in [0, 0.1) is 13.8 Å².